The van der Waals surface area contributed by atoms with Gasteiger partial charge in [0.05, 0.1) is 4.99 Å². The Labute approximate surface area is 76.6 Å². The molecular formula is C9H21NS. The second-order valence-corrected chi connectivity index (χ2v) is 3.16. The lowest BCUT2D eigenvalue weighted by Crippen LogP contribution is -2.18. The third-order valence-corrected chi connectivity index (χ3v) is 1.05. The molecule has 0 aliphatic rings. The largest absolute Gasteiger partial charge is 0.380 e. The van der Waals surface area contributed by atoms with Crippen LogP contribution in [0.15, 0.2) is 0 Å². The van der Waals surface area contributed by atoms with Crippen molar-refractivity contribution in [1.82, 2.24) is 5.32 Å². The highest BCUT2D eigenvalue weighted by Gasteiger charge is 1.82. The number of nitrogens with one attached hydrogen (secondary N) is 1. The topological polar surface area (TPSA) is 12.0 Å². The van der Waals surface area contributed by atoms with Crippen molar-refractivity contribution < 1.29 is 0 Å². The molecule has 0 saturated heterocycles. The molecule has 0 saturated carbocycles. The van der Waals surface area contributed by atoms with E-state index in [1.807, 2.05) is 6.92 Å². The molecule has 68 valence electrons. The monoisotopic (exact) mass is 175 g/mol. The molecular weight excluding hydrogens is 154 g/mol. The summed E-state index contributed by atoms with van der Waals surface area (Å²) in [7, 11) is 0. The molecule has 0 aliphatic heterocycles. The zero-order valence-electron chi connectivity index (χ0n) is 8.24. The van der Waals surface area contributed by atoms with Crippen LogP contribution in [0.4, 0.5) is 0 Å². The summed E-state index contributed by atoms with van der Waals surface area (Å²) in [6.45, 7) is 9.36. The Bertz CT molecular complexity index is 81.6. The van der Waals surface area contributed by atoms with Crippen molar-refractivity contribution in [2.45, 2.75) is 47.0 Å². The number of hydrogen-bond acceptors (Lipinski definition) is 1. The molecule has 2 heteroatoms. The van der Waals surface area contributed by atoms with Crippen molar-refractivity contribution in [1.29, 1.82) is 0 Å². The first-order chi connectivity index (χ1) is 5.18. The van der Waals surface area contributed by atoms with Crippen LogP contribution in [0.5, 0.6) is 0 Å². The number of thiocarbonyl (C=S) groups is 1. The van der Waals surface area contributed by atoms with Gasteiger partial charge in [-0.2, -0.15) is 0 Å². The van der Waals surface area contributed by atoms with Crippen LogP contribution < -0.4 is 5.32 Å². The molecule has 0 fully saturated rings. The van der Waals surface area contributed by atoms with Crippen LogP contribution >= 0.6 is 12.2 Å². The van der Waals surface area contributed by atoms with Gasteiger partial charge in [-0.1, -0.05) is 45.8 Å². The van der Waals surface area contributed by atoms with E-state index in [4.69, 9.17) is 12.2 Å². The molecule has 0 aliphatic carbocycles. The third-order valence-electron chi connectivity index (χ3n) is 0.904. The molecule has 0 atom stereocenters. The van der Waals surface area contributed by atoms with Gasteiger partial charge < -0.3 is 5.32 Å². The molecule has 0 unspecified atom stereocenters. The van der Waals surface area contributed by atoms with Crippen molar-refractivity contribution >= 4 is 17.2 Å². The second-order valence-electron chi connectivity index (χ2n) is 2.54. The van der Waals surface area contributed by atoms with Crippen molar-refractivity contribution in [2.75, 3.05) is 6.54 Å². The first-order valence-corrected chi connectivity index (χ1v) is 4.84. The SMILES string of the molecule is CCC.CCCCNC(C)=S. The Morgan fingerprint density at radius 3 is 2.00 bits per heavy atom. The summed E-state index contributed by atoms with van der Waals surface area (Å²) >= 11 is 4.80. The Balaban J connectivity index is 0. The van der Waals surface area contributed by atoms with Crippen LogP contribution in [0.1, 0.15) is 47.0 Å². The van der Waals surface area contributed by atoms with E-state index in [2.05, 4.69) is 26.1 Å². The maximum Gasteiger partial charge on any atom is 0.0721 e. The lowest BCUT2D eigenvalue weighted by atomic mass is 10.3. The highest BCUT2D eigenvalue weighted by atomic mass is 32.1. The molecule has 0 bridgehead atoms. The minimum Gasteiger partial charge on any atom is -0.380 e. The predicted molar refractivity (Wildman–Crippen MR) is 57.1 cm³/mol. The molecule has 0 spiro atoms. The maximum absolute atomic E-state index is 4.80. The van der Waals surface area contributed by atoms with Crippen molar-refractivity contribution in [3.8, 4) is 0 Å². The highest BCUT2D eigenvalue weighted by molar-refractivity contribution is 7.80. The lowest BCUT2D eigenvalue weighted by molar-refractivity contribution is 0.758. The van der Waals surface area contributed by atoms with Crippen LogP contribution in [0.25, 0.3) is 0 Å². The minimum absolute atomic E-state index is 0.901. The molecule has 0 aromatic rings. The van der Waals surface area contributed by atoms with E-state index in [9.17, 15) is 0 Å². The first-order valence-electron chi connectivity index (χ1n) is 4.43. The van der Waals surface area contributed by atoms with E-state index in [-0.39, 0.29) is 0 Å². The van der Waals surface area contributed by atoms with Crippen molar-refractivity contribution in [2.24, 2.45) is 0 Å². The summed E-state index contributed by atoms with van der Waals surface area (Å²) in [4.78, 5) is 0.901. The van der Waals surface area contributed by atoms with Crippen molar-refractivity contribution in [3.05, 3.63) is 0 Å². The first kappa shape index (κ1) is 13.5. The van der Waals surface area contributed by atoms with Crippen LogP contribution in [0.2, 0.25) is 0 Å². The molecule has 0 heterocycles. The maximum atomic E-state index is 4.80. The Hall–Kier alpha value is -0.110. The van der Waals surface area contributed by atoms with Gasteiger partial charge in [0.1, 0.15) is 0 Å². The normalized spacial score (nSPS) is 8.00. The van der Waals surface area contributed by atoms with Gasteiger partial charge in [0.2, 0.25) is 0 Å². The van der Waals surface area contributed by atoms with E-state index in [0.29, 0.717) is 0 Å². The summed E-state index contributed by atoms with van der Waals surface area (Å²) in [5, 5.41) is 3.08. The van der Waals surface area contributed by atoms with Crippen LogP contribution in [0, 0.1) is 0 Å². The molecule has 0 aromatic carbocycles. The number of rotatable bonds is 3. The summed E-state index contributed by atoms with van der Waals surface area (Å²) in [5.41, 5.74) is 0. The van der Waals surface area contributed by atoms with Gasteiger partial charge in [0, 0.05) is 6.54 Å². The average molecular weight is 175 g/mol. The van der Waals surface area contributed by atoms with Gasteiger partial charge >= 0.3 is 0 Å². The van der Waals surface area contributed by atoms with E-state index < -0.39 is 0 Å². The molecule has 0 amide bonds. The van der Waals surface area contributed by atoms with Crippen LogP contribution in [0.3, 0.4) is 0 Å². The summed E-state index contributed by atoms with van der Waals surface area (Å²) in [6.07, 6.45) is 3.70. The zero-order valence-corrected chi connectivity index (χ0v) is 9.05. The van der Waals surface area contributed by atoms with Gasteiger partial charge in [0.25, 0.3) is 0 Å². The molecule has 11 heavy (non-hydrogen) atoms. The number of hydrogen-bond donors (Lipinski definition) is 1. The van der Waals surface area contributed by atoms with Crippen LogP contribution in [-0.4, -0.2) is 11.5 Å². The van der Waals surface area contributed by atoms with E-state index >= 15 is 0 Å². The summed E-state index contributed by atoms with van der Waals surface area (Å²) in [6, 6.07) is 0. The standard InChI is InChI=1S/C6H13NS.C3H8/c1-3-4-5-7-6(2)8;1-3-2/h3-5H2,1-2H3,(H,7,8);3H2,1-2H3. The Morgan fingerprint density at radius 2 is 1.73 bits per heavy atom. The van der Waals surface area contributed by atoms with Gasteiger partial charge in [-0.25, -0.2) is 0 Å². The summed E-state index contributed by atoms with van der Waals surface area (Å²) in [5.74, 6) is 0. The zero-order chi connectivity index (χ0) is 9.11. The van der Waals surface area contributed by atoms with Crippen molar-refractivity contribution in [3.63, 3.8) is 0 Å². The van der Waals surface area contributed by atoms with E-state index in [0.717, 1.165) is 11.5 Å². The molecule has 0 radical (unpaired) electrons. The predicted octanol–water partition coefficient (Wildman–Crippen LogP) is 3.14. The fraction of sp³-hybridized carbons (Fsp3) is 0.889. The van der Waals surface area contributed by atoms with Gasteiger partial charge in [-0.15, -0.1) is 0 Å². The minimum atomic E-state index is 0.901. The lowest BCUT2D eigenvalue weighted by Gasteiger charge is -1.99. The van der Waals surface area contributed by atoms with E-state index in [1.54, 1.807) is 0 Å². The molecule has 0 rings (SSSR count). The molecule has 1 N–H and O–H groups in total. The average Bonchev–Trinajstić information content (AvgIpc) is 1.89. The molecule has 1 nitrogen and oxygen atoms in total. The van der Waals surface area contributed by atoms with Gasteiger partial charge in [0.15, 0.2) is 0 Å². The molecule has 0 aromatic heterocycles. The van der Waals surface area contributed by atoms with Gasteiger partial charge in [-0.3, -0.25) is 0 Å². The summed E-state index contributed by atoms with van der Waals surface area (Å²) < 4.78 is 0. The van der Waals surface area contributed by atoms with Crippen LogP contribution in [-0.2, 0) is 0 Å². The Morgan fingerprint density at radius 1 is 1.27 bits per heavy atom. The third kappa shape index (κ3) is 25.7. The Kier molecular flexibility index (Phi) is 15.4. The fourth-order valence-electron chi connectivity index (χ4n) is 0.441. The second kappa shape index (κ2) is 12.6. The smallest absolute Gasteiger partial charge is 0.0721 e. The highest BCUT2D eigenvalue weighted by Crippen LogP contribution is 1.81. The quantitative estimate of drug-likeness (QED) is 0.522. The van der Waals surface area contributed by atoms with E-state index in [1.165, 1.54) is 19.3 Å². The fourth-order valence-corrected chi connectivity index (χ4v) is 0.543. The van der Waals surface area contributed by atoms with Gasteiger partial charge in [-0.05, 0) is 13.3 Å². The number of unbranched alkanes of at least 4 members (excludes halogenated alkanes) is 1.